The minimum atomic E-state index is -0.338. The maximum absolute atomic E-state index is 12.8. The van der Waals surface area contributed by atoms with Crippen LogP contribution in [0.5, 0.6) is 11.5 Å². The topological polar surface area (TPSA) is 47.6 Å². The number of benzene rings is 3. The summed E-state index contributed by atoms with van der Waals surface area (Å²) in [6.07, 6.45) is 0. The van der Waals surface area contributed by atoms with E-state index in [2.05, 4.69) is 5.32 Å². The first-order chi connectivity index (χ1) is 14.4. The third-order valence-corrected chi connectivity index (χ3v) is 5.30. The molecule has 3 aromatic carbocycles. The van der Waals surface area contributed by atoms with E-state index < -0.39 is 0 Å². The van der Waals surface area contributed by atoms with Gasteiger partial charge < -0.3 is 14.8 Å². The van der Waals surface area contributed by atoms with Gasteiger partial charge in [0.1, 0.15) is 18.1 Å². The molecular weight excluding hydrogens is 445 g/mol. The lowest BCUT2D eigenvalue weighted by atomic mass is 10.1. The molecule has 0 aromatic heterocycles. The quantitative estimate of drug-likeness (QED) is 0.377. The lowest BCUT2D eigenvalue weighted by molar-refractivity contribution is 0.102. The Bertz CT molecular complexity index is 1070. The smallest absolute Gasteiger partial charge is 0.255 e. The van der Waals surface area contributed by atoms with Crippen LogP contribution in [-0.4, -0.2) is 12.5 Å². The first kappa shape index (κ1) is 22.3. The number of carbonyl (C=O) groups is 1. The lowest BCUT2D eigenvalue weighted by Crippen LogP contribution is -2.13. The summed E-state index contributed by atoms with van der Waals surface area (Å²) in [5.74, 6) is 1.07. The highest BCUT2D eigenvalue weighted by atomic mass is 35.5. The number of halogens is 3. The van der Waals surface area contributed by atoms with Crippen molar-refractivity contribution >= 4 is 46.4 Å². The Kier molecular flexibility index (Phi) is 7.48. The van der Waals surface area contributed by atoms with Crippen LogP contribution in [0.15, 0.2) is 54.6 Å². The van der Waals surface area contributed by atoms with Gasteiger partial charge in [-0.25, -0.2) is 0 Å². The normalized spacial score (nSPS) is 10.6. The molecule has 0 heterocycles. The summed E-state index contributed by atoms with van der Waals surface area (Å²) in [6.45, 7) is 4.66. The van der Waals surface area contributed by atoms with Gasteiger partial charge in [0, 0.05) is 11.1 Å². The average molecular weight is 465 g/mol. The van der Waals surface area contributed by atoms with Gasteiger partial charge in [0.15, 0.2) is 0 Å². The third kappa shape index (κ3) is 5.60. The van der Waals surface area contributed by atoms with Crippen LogP contribution >= 0.6 is 34.8 Å². The second-order valence-corrected chi connectivity index (χ2v) is 7.78. The van der Waals surface area contributed by atoms with Crippen molar-refractivity contribution in [1.82, 2.24) is 0 Å². The van der Waals surface area contributed by atoms with Gasteiger partial charge in [-0.2, -0.15) is 0 Å². The van der Waals surface area contributed by atoms with Crippen LogP contribution in [0, 0.1) is 6.92 Å². The lowest BCUT2D eigenvalue weighted by Gasteiger charge is -2.14. The molecular formula is C23H20Cl3NO3. The van der Waals surface area contributed by atoms with Crippen molar-refractivity contribution in [3.05, 3.63) is 86.4 Å². The zero-order valence-corrected chi connectivity index (χ0v) is 18.7. The Labute approximate surface area is 190 Å². The van der Waals surface area contributed by atoms with Crippen LogP contribution in [0.3, 0.4) is 0 Å². The van der Waals surface area contributed by atoms with Crippen LogP contribution in [0.2, 0.25) is 15.1 Å². The van der Waals surface area contributed by atoms with Gasteiger partial charge in [0.25, 0.3) is 5.91 Å². The van der Waals surface area contributed by atoms with Gasteiger partial charge in [-0.05, 0) is 61.9 Å². The maximum atomic E-state index is 12.8. The zero-order valence-electron chi connectivity index (χ0n) is 16.5. The first-order valence-corrected chi connectivity index (χ1v) is 10.4. The first-order valence-electron chi connectivity index (χ1n) is 9.28. The molecule has 0 bridgehead atoms. The van der Waals surface area contributed by atoms with Crippen LogP contribution in [0.4, 0.5) is 5.69 Å². The number of nitrogens with one attached hydrogen (secondary N) is 1. The summed E-state index contributed by atoms with van der Waals surface area (Å²) in [6, 6.07) is 15.9. The van der Waals surface area contributed by atoms with Gasteiger partial charge in [0.2, 0.25) is 0 Å². The Balaban J connectivity index is 1.82. The largest absolute Gasteiger partial charge is 0.493 e. The zero-order chi connectivity index (χ0) is 21.7. The van der Waals surface area contributed by atoms with Crippen LogP contribution in [0.25, 0.3) is 0 Å². The van der Waals surface area contributed by atoms with Crippen LogP contribution < -0.4 is 14.8 Å². The van der Waals surface area contributed by atoms with Gasteiger partial charge in [-0.15, -0.1) is 0 Å². The summed E-state index contributed by atoms with van der Waals surface area (Å²) < 4.78 is 11.6. The molecule has 0 atom stereocenters. The Morgan fingerprint density at radius 3 is 2.43 bits per heavy atom. The Hall–Kier alpha value is -2.40. The number of aryl methyl sites for hydroxylation is 1. The van der Waals surface area contributed by atoms with Gasteiger partial charge in [-0.3, -0.25) is 4.79 Å². The molecule has 0 radical (unpaired) electrons. The van der Waals surface area contributed by atoms with Crippen molar-refractivity contribution in [3.8, 4) is 11.5 Å². The number of ether oxygens (including phenoxy) is 2. The second-order valence-electron chi connectivity index (χ2n) is 6.56. The fourth-order valence-corrected chi connectivity index (χ4v) is 3.40. The molecule has 0 unspecified atom stereocenters. The highest BCUT2D eigenvalue weighted by Crippen LogP contribution is 2.32. The van der Waals surface area contributed by atoms with E-state index in [9.17, 15) is 4.79 Å². The maximum Gasteiger partial charge on any atom is 0.255 e. The van der Waals surface area contributed by atoms with Crippen molar-refractivity contribution < 1.29 is 14.3 Å². The Morgan fingerprint density at radius 2 is 1.70 bits per heavy atom. The number of anilines is 1. The molecule has 3 aromatic rings. The molecule has 0 aliphatic rings. The predicted molar refractivity (Wildman–Crippen MR) is 123 cm³/mol. The average Bonchev–Trinajstić information content (AvgIpc) is 2.71. The molecule has 0 saturated heterocycles. The van der Waals surface area contributed by atoms with Gasteiger partial charge in [-0.1, -0.05) is 46.9 Å². The van der Waals surface area contributed by atoms with E-state index in [1.54, 1.807) is 18.2 Å². The fourth-order valence-electron chi connectivity index (χ4n) is 2.81. The number of rotatable bonds is 7. The number of carbonyl (C=O) groups excluding carboxylic acids is 1. The minimum Gasteiger partial charge on any atom is -0.493 e. The number of hydrogen-bond donors (Lipinski definition) is 1. The number of amides is 1. The summed E-state index contributed by atoms with van der Waals surface area (Å²) >= 11 is 18.1. The summed E-state index contributed by atoms with van der Waals surface area (Å²) in [7, 11) is 0. The molecule has 0 aliphatic carbocycles. The highest BCUT2D eigenvalue weighted by Gasteiger charge is 2.14. The summed E-state index contributed by atoms with van der Waals surface area (Å²) in [5.41, 5.74) is 2.67. The number of hydrogen-bond acceptors (Lipinski definition) is 3. The SMILES string of the molecule is CCOc1ccc(C(=O)Nc2cc(Cl)c(Cl)cc2Cl)cc1COc1cccc(C)c1. The molecule has 0 fully saturated rings. The van der Waals surface area contributed by atoms with E-state index in [0.717, 1.165) is 16.9 Å². The molecule has 7 heteroatoms. The minimum absolute atomic E-state index is 0.257. The van der Waals surface area contributed by atoms with E-state index in [-0.39, 0.29) is 12.5 Å². The monoisotopic (exact) mass is 463 g/mol. The van der Waals surface area contributed by atoms with Crippen LogP contribution in [0.1, 0.15) is 28.4 Å². The van der Waals surface area contributed by atoms with E-state index >= 15 is 0 Å². The van der Waals surface area contributed by atoms with E-state index in [1.807, 2.05) is 38.1 Å². The molecule has 0 spiro atoms. The van der Waals surface area contributed by atoms with Crippen molar-refractivity contribution in [1.29, 1.82) is 0 Å². The molecule has 1 amide bonds. The third-order valence-electron chi connectivity index (χ3n) is 4.26. The predicted octanol–water partition coefficient (Wildman–Crippen LogP) is 7.19. The van der Waals surface area contributed by atoms with Gasteiger partial charge >= 0.3 is 0 Å². The standard InChI is InChI=1S/C23H20Cl3NO3/c1-3-29-22-8-7-15(10-16(22)13-30-17-6-4-5-14(2)9-17)23(28)27-21-12-19(25)18(24)11-20(21)26/h4-12H,3,13H2,1-2H3,(H,27,28). The molecule has 0 aliphatic heterocycles. The summed E-state index contributed by atoms with van der Waals surface area (Å²) in [4.78, 5) is 12.8. The molecule has 0 saturated carbocycles. The second kappa shape index (κ2) is 10.1. The van der Waals surface area contributed by atoms with E-state index in [1.165, 1.54) is 12.1 Å². The molecule has 1 N–H and O–H groups in total. The van der Waals surface area contributed by atoms with Crippen LogP contribution in [-0.2, 0) is 6.61 Å². The molecule has 156 valence electrons. The Morgan fingerprint density at radius 1 is 0.933 bits per heavy atom. The van der Waals surface area contributed by atoms with Gasteiger partial charge in [0.05, 0.1) is 27.4 Å². The van der Waals surface area contributed by atoms with Crippen molar-refractivity contribution in [2.75, 3.05) is 11.9 Å². The van der Waals surface area contributed by atoms with E-state index in [0.29, 0.717) is 38.7 Å². The highest BCUT2D eigenvalue weighted by molar-refractivity contribution is 6.44. The van der Waals surface area contributed by atoms with Crippen molar-refractivity contribution in [2.24, 2.45) is 0 Å². The fraction of sp³-hybridized carbons (Fsp3) is 0.174. The van der Waals surface area contributed by atoms with Crippen molar-refractivity contribution in [2.45, 2.75) is 20.5 Å². The molecule has 3 rings (SSSR count). The summed E-state index contributed by atoms with van der Waals surface area (Å²) in [5, 5.41) is 3.67. The molecule has 30 heavy (non-hydrogen) atoms. The molecule has 4 nitrogen and oxygen atoms in total. The van der Waals surface area contributed by atoms with E-state index in [4.69, 9.17) is 44.3 Å². The van der Waals surface area contributed by atoms with Crippen molar-refractivity contribution in [3.63, 3.8) is 0 Å².